The minimum atomic E-state index is -3.03. The van der Waals surface area contributed by atoms with Gasteiger partial charge in [0.05, 0.1) is 12.2 Å². The van der Waals surface area contributed by atoms with E-state index in [1.54, 1.807) is 13.2 Å². The van der Waals surface area contributed by atoms with Crippen molar-refractivity contribution in [3.8, 4) is 5.75 Å². The number of para-hydroxylation sites is 1. The standard InChI is InChI=1S/C18H25F2N3O4.ClH/c1-26-12-10-21-8-9-22-16(24)14-6-4-11-23(14)17(25)13-5-2-3-7-15(13)27-18(19)20;/h2-3,5,7,14,18,21H,4,6,8-12H2,1H3,(H,22,24);1H. The molecule has 0 bridgehead atoms. The molecule has 0 aromatic heterocycles. The van der Waals surface area contributed by atoms with Crippen molar-refractivity contribution in [1.29, 1.82) is 0 Å². The van der Waals surface area contributed by atoms with Gasteiger partial charge in [-0.25, -0.2) is 0 Å². The summed E-state index contributed by atoms with van der Waals surface area (Å²) in [4.78, 5) is 26.7. The number of carbonyl (C=O) groups excluding carboxylic acids is 2. The van der Waals surface area contributed by atoms with E-state index in [-0.39, 0.29) is 29.6 Å². The second-order valence-corrected chi connectivity index (χ2v) is 6.07. The number of rotatable bonds is 10. The topological polar surface area (TPSA) is 79.9 Å². The molecule has 1 aliphatic rings. The van der Waals surface area contributed by atoms with Crippen molar-refractivity contribution in [2.75, 3.05) is 39.9 Å². The molecule has 2 rings (SSSR count). The van der Waals surface area contributed by atoms with Crippen molar-refractivity contribution in [2.45, 2.75) is 25.5 Å². The Hall–Kier alpha value is -1.97. The Balaban J connectivity index is 0.00000392. The largest absolute Gasteiger partial charge is 0.434 e. The SMILES string of the molecule is COCCNCCNC(=O)C1CCCN1C(=O)c1ccccc1OC(F)F.Cl. The third kappa shape index (κ3) is 6.88. The summed E-state index contributed by atoms with van der Waals surface area (Å²) in [6, 6.07) is 5.21. The number of halogens is 3. The first-order chi connectivity index (χ1) is 13.0. The first-order valence-electron chi connectivity index (χ1n) is 8.86. The van der Waals surface area contributed by atoms with E-state index in [4.69, 9.17) is 4.74 Å². The summed E-state index contributed by atoms with van der Waals surface area (Å²) in [5.41, 5.74) is 0.0266. The lowest BCUT2D eigenvalue weighted by Crippen LogP contribution is -2.47. The van der Waals surface area contributed by atoms with E-state index in [0.29, 0.717) is 45.6 Å². The van der Waals surface area contributed by atoms with Gasteiger partial charge < -0.3 is 25.0 Å². The molecule has 1 fully saturated rings. The summed E-state index contributed by atoms with van der Waals surface area (Å²) in [6.07, 6.45) is 1.21. The number of benzene rings is 1. The lowest BCUT2D eigenvalue weighted by Gasteiger charge is -2.25. The second kappa shape index (κ2) is 12.5. The molecule has 0 spiro atoms. The first-order valence-corrected chi connectivity index (χ1v) is 8.86. The number of carbonyl (C=O) groups is 2. The average molecular weight is 422 g/mol. The number of ether oxygens (including phenoxy) is 2. The molecule has 1 aliphatic heterocycles. The van der Waals surface area contributed by atoms with Crippen LogP contribution in [0.2, 0.25) is 0 Å². The van der Waals surface area contributed by atoms with E-state index >= 15 is 0 Å². The fourth-order valence-corrected chi connectivity index (χ4v) is 2.97. The van der Waals surface area contributed by atoms with E-state index < -0.39 is 18.6 Å². The van der Waals surface area contributed by atoms with Gasteiger partial charge in [0.25, 0.3) is 5.91 Å². The molecule has 1 aromatic rings. The molecule has 0 radical (unpaired) electrons. The fraction of sp³-hybridized carbons (Fsp3) is 0.556. The van der Waals surface area contributed by atoms with Crippen LogP contribution in [-0.2, 0) is 9.53 Å². The van der Waals surface area contributed by atoms with Gasteiger partial charge in [0.2, 0.25) is 5.91 Å². The quantitative estimate of drug-likeness (QED) is 0.562. The molecule has 1 heterocycles. The van der Waals surface area contributed by atoms with Crippen LogP contribution in [0.3, 0.4) is 0 Å². The smallest absolute Gasteiger partial charge is 0.387 e. The van der Waals surface area contributed by atoms with Crippen molar-refractivity contribution < 1.29 is 27.8 Å². The Morgan fingerprint density at radius 2 is 2.00 bits per heavy atom. The highest BCUT2D eigenvalue weighted by molar-refractivity contribution is 6.00. The summed E-state index contributed by atoms with van der Waals surface area (Å²) < 4.78 is 34.5. The zero-order valence-corrected chi connectivity index (χ0v) is 16.5. The molecule has 28 heavy (non-hydrogen) atoms. The lowest BCUT2D eigenvalue weighted by atomic mass is 10.1. The van der Waals surface area contributed by atoms with E-state index in [0.717, 1.165) is 0 Å². The maximum absolute atomic E-state index is 12.8. The highest BCUT2D eigenvalue weighted by Crippen LogP contribution is 2.26. The van der Waals surface area contributed by atoms with Crippen LogP contribution >= 0.6 is 12.4 Å². The maximum Gasteiger partial charge on any atom is 0.387 e. The number of hydrogen-bond acceptors (Lipinski definition) is 5. The summed E-state index contributed by atoms with van der Waals surface area (Å²) in [6.45, 7) is -0.360. The van der Waals surface area contributed by atoms with E-state index in [2.05, 4.69) is 15.4 Å². The van der Waals surface area contributed by atoms with E-state index in [9.17, 15) is 18.4 Å². The molecule has 1 aromatic carbocycles. The highest BCUT2D eigenvalue weighted by Gasteiger charge is 2.35. The minimum absolute atomic E-state index is 0. The second-order valence-electron chi connectivity index (χ2n) is 6.07. The molecule has 10 heteroatoms. The molecule has 0 saturated carbocycles. The number of nitrogens with one attached hydrogen (secondary N) is 2. The Morgan fingerprint density at radius 1 is 1.25 bits per heavy atom. The van der Waals surface area contributed by atoms with Crippen LogP contribution in [0.15, 0.2) is 24.3 Å². The molecule has 1 atom stereocenters. The van der Waals surface area contributed by atoms with Crippen LogP contribution in [0.1, 0.15) is 23.2 Å². The van der Waals surface area contributed by atoms with Gasteiger partial charge in [-0.05, 0) is 25.0 Å². The summed E-state index contributed by atoms with van der Waals surface area (Å²) in [7, 11) is 1.61. The fourth-order valence-electron chi connectivity index (χ4n) is 2.97. The first kappa shape index (κ1) is 24.1. The van der Waals surface area contributed by atoms with Crippen LogP contribution < -0.4 is 15.4 Å². The molecule has 158 valence electrons. The monoisotopic (exact) mass is 421 g/mol. The van der Waals surface area contributed by atoms with Gasteiger partial charge in [0.15, 0.2) is 0 Å². The Morgan fingerprint density at radius 3 is 2.71 bits per heavy atom. The predicted molar refractivity (Wildman–Crippen MR) is 102 cm³/mol. The number of hydrogen-bond donors (Lipinski definition) is 2. The summed E-state index contributed by atoms with van der Waals surface area (Å²) in [5.74, 6) is -0.922. The van der Waals surface area contributed by atoms with E-state index in [1.165, 1.54) is 23.1 Å². The Labute approximate surface area is 169 Å². The zero-order valence-electron chi connectivity index (χ0n) is 15.7. The van der Waals surface area contributed by atoms with Crippen molar-refractivity contribution in [2.24, 2.45) is 0 Å². The lowest BCUT2D eigenvalue weighted by molar-refractivity contribution is -0.124. The van der Waals surface area contributed by atoms with Gasteiger partial charge in [0, 0.05) is 33.3 Å². The van der Waals surface area contributed by atoms with Crippen LogP contribution in [-0.4, -0.2) is 69.3 Å². The highest BCUT2D eigenvalue weighted by atomic mass is 35.5. The third-order valence-corrected chi connectivity index (χ3v) is 4.23. The Bertz CT molecular complexity index is 637. The van der Waals surface area contributed by atoms with Crippen molar-refractivity contribution in [1.82, 2.24) is 15.5 Å². The number of methoxy groups -OCH3 is 1. The number of alkyl halides is 2. The molecule has 1 unspecified atom stereocenters. The molecule has 2 N–H and O–H groups in total. The average Bonchev–Trinajstić information content (AvgIpc) is 3.13. The van der Waals surface area contributed by atoms with Crippen molar-refractivity contribution >= 4 is 24.2 Å². The Kier molecular flexibility index (Phi) is 10.7. The number of nitrogens with zero attached hydrogens (tertiary/aromatic N) is 1. The predicted octanol–water partition coefficient (Wildman–Crippen LogP) is 1.67. The van der Waals surface area contributed by atoms with Gasteiger partial charge >= 0.3 is 6.61 Å². The number of likely N-dealkylation sites (tertiary alicyclic amines) is 1. The molecule has 0 aliphatic carbocycles. The zero-order chi connectivity index (χ0) is 19.6. The summed E-state index contributed by atoms with van der Waals surface area (Å²) in [5, 5.41) is 5.91. The number of amides is 2. The van der Waals surface area contributed by atoms with Crippen LogP contribution in [0.25, 0.3) is 0 Å². The summed E-state index contributed by atoms with van der Waals surface area (Å²) >= 11 is 0. The van der Waals surface area contributed by atoms with Gasteiger partial charge in [-0.1, -0.05) is 12.1 Å². The molecular weight excluding hydrogens is 396 g/mol. The van der Waals surface area contributed by atoms with Gasteiger partial charge in [-0.2, -0.15) is 8.78 Å². The van der Waals surface area contributed by atoms with Crippen LogP contribution in [0.5, 0.6) is 5.75 Å². The molecule has 7 nitrogen and oxygen atoms in total. The normalized spacial score (nSPS) is 16.0. The maximum atomic E-state index is 12.8. The van der Waals surface area contributed by atoms with Crippen LogP contribution in [0, 0.1) is 0 Å². The third-order valence-electron chi connectivity index (χ3n) is 4.23. The van der Waals surface area contributed by atoms with Crippen molar-refractivity contribution in [3.63, 3.8) is 0 Å². The van der Waals surface area contributed by atoms with Crippen LogP contribution in [0.4, 0.5) is 8.78 Å². The van der Waals surface area contributed by atoms with Gasteiger partial charge in [-0.3, -0.25) is 9.59 Å². The van der Waals surface area contributed by atoms with E-state index in [1.807, 2.05) is 0 Å². The molecule has 2 amide bonds. The molecular formula is C18H26ClF2N3O4. The molecule has 1 saturated heterocycles. The van der Waals surface area contributed by atoms with Gasteiger partial charge in [0.1, 0.15) is 11.8 Å². The minimum Gasteiger partial charge on any atom is -0.434 e. The van der Waals surface area contributed by atoms with Crippen molar-refractivity contribution in [3.05, 3.63) is 29.8 Å². The van der Waals surface area contributed by atoms with Gasteiger partial charge in [-0.15, -0.1) is 12.4 Å².